The lowest BCUT2D eigenvalue weighted by Crippen LogP contribution is -2.02. The number of rotatable bonds is 4. The first-order chi connectivity index (χ1) is 11.5. The van der Waals surface area contributed by atoms with Crippen LogP contribution in [0.5, 0.6) is 5.75 Å². The van der Waals surface area contributed by atoms with Crippen molar-refractivity contribution < 1.29 is 23.1 Å². The van der Waals surface area contributed by atoms with Crippen LogP contribution in [0.15, 0.2) is 45.3 Å². The first kappa shape index (κ1) is 16.5. The average molecular weight is 393 g/mol. The summed E-state index contributed by atoms with van der Waals surface area (Å²) in [6.45, 7) is 1.77. The molecule has 3 rings (SSSR count). The zero-order chi connectivity index (χ0) is 17.3. The molecule has 0 saturated heterocycles. The molecular weight excluding hydrogens is 379 g/mol. The van der Waals surface area contributed by atoms with Crippen LogP contribution in [-0.2, 0) is 11.3 Å². The Kier molecular flexibility index (Phi) is 4.57. The van der Waals surface area contributed by atoms with Crippen LogP contribution in [0.3, 0.4) is 0 Å². The van der Waals surface area contributed by atoms with Crippen LogP contribution in [0.1, 0.15) is 21.7 Å². The first-order valence-electron chi connectivity index (χ1n) is 7.18. The molecule has 0 atom stereocenters. The van der Waals surface area contributed by atoms with Crippen molar-refractivity contribution in [2.45, 2.75) is 13.5 Å². The number of aryl methyl sites for hydroxylation is 1. The Morgan fingerprint density at radius 1 is 1.29 bits per heavy atom. The van der Waals surface area contributed by atoms with Crippen molar-refractivity contribution in [3.63, 3.8) is 0 Å². The molecule has 0 spiro atoms. The van der Waals surface area contributed by atoms with Crippen LogP contribution < -0.4 is 4.74 Å². The molecule has 1 heterocycles. The van der Waals surface area contributed by atoms with Crippen molar-refractivity contribution in [3.8, 4) is 5.75 Å². The van der Waals surface area contributed by atoms with E-state index in [1.807, 2.05) is 0 Å². The lowest BCUT2D eigenvalue weighted by atomic mass is 10.1. The highest BCUT2D eigenvalue weighted by Crippen LogP contribution is 2.35. The number of halogens is 2. The van der Waals surface area contributed by atoms with Gasteiger partial charge in [0.2, 0.25) is 0 Å². The molecule has 0 radical (unpaired) electrons. The molecule has 0 N–H and O–H groups in total. The monoisotopic (exact) mass is 392 g/mol. The third-order valence-electron chi connectivity index (χ3n) is 3.65. The number of esters is 1. The molecule has 0 aliphatic carbocycles. The van der Waals surface area contributed by atoms with Crippen LogP contribution in [0, 0.1) is 12.7 Å². The molecule has 1 aromatic heterocycles. The Bertz CT molecular complexity index is 917. The van der Waals surface area contributed by atoms with Crippen LogP contribution in [0.25, 0.3) is 11.0 Å². The molecule has 0 saturated carbocycles. The number of methoxy groups -OCH3 is 1. The minimum Gasteiger partial charge on any atom is -0.488 e. The molecule has 0 fully saturated rings. The van der Waals surface area contributed by atoms with Gasteiger partial charge in [-0.2, -0.15) is 0 Å². The van der Waals surface area contributed by atoms with Crippen molar-refractivity contribution in [1.29, 1.82) is 0 Å². The van der Waals surface area contributed by atoms with E-state index in [2.05, 4.69) is 15.9 Å². The molecular formula is C18H14BrFO4. The number of furan rings is 1. The first-order valence-corrected chi connectivity index (χ1v) is 7.97. The average Bonchev–Trinajstić information content (AvgIpc) is 2.88. The van der Waals surface area contributed by atoms with Gasteiger partial charge in [0.25, 0.3) is 0 Å². The van der Waals surface area contributed by atoms with E-state index in [9.17, 15) is 9.18 Å². The Morgan fingerprint density at radius 3 is 2.75 bits per heavy atom. The smallest absolute Gasteiger partial charge is 0.342 e. The molecule has 0 aliphatic rings. The number of benzene rings is 2. The highest BCUT2D eigenvalue weighted by Gasteiger charge is 2.20. The van der Waals surface area contributed by atoms with Crippen LogP contribution >= 0.6 is 15.9 Å². The SMILES string of the molecule is COC(=O)c1c(C)oc2cc(Br)c(OCc3ccccc3F)cc12. The fourth-order valence-electron chi connectivity index (χ4n) is 2.46. The Hall–Kier alpha value is -2.34. The maximum Gasteiger partial charge on any atom is 0.342 e. The van der Waals surface area contributed by atoms with Gasteiger partial charge in [0, 0.05) is 10.9 Å². The van der Waals surface area contributed by atoms with Crippen LogP contribution in [0.2, 0.25) is 0 Å². The van der Waals surface area contributed by atoms with E-state index in [4.69, 9.17) is 13.9 Å². The van der Waals surface area contributed by atoms with Gasteiger partial charge in [0.1, 0.15) is 35.1 Å². The predicted molar refractivity (Wildman–Crippen MR) is 90.7 cm³/mol. The topological polar surface area (TPSA) is 48.7 Å². The summed E-state index contributed by atoms with van der Waals surface area (Å²) in [5.41, 5.74) is 1.34. The summed E-state index contributed by atoms with van der Waals surface area (Å²) in [6.07, 6.45) is 0. The van der Waals surface area contributed by atoms with Crippen LogP contribution in [0.4, 0.5) is 4.39 Å². The second-order valence-corrected chi connectivity index (χ2v) is 6.04. The molecule has 24 heavy (non-hydrogen) atoms. The summed E-state index contributed by atoms with van der Waals surface area (Å²) in [6, 6.07) is 9.80. The number of hydrogen-bond acceptors (Lipinski definition) is 4. The summed E-state index contributed by atoms with van der Waals surface area (Å²) < 4.78 is 30.4. The molecule has 2 aromatic carbocycles. The zero-order valence-corrected chi connectivity index (χ0v) is 14.6. The van der Waals surface area contributed by atoms with Crippen molar-refractivity contribution in [1.82, 2.24) is 0 Å². The van der Waals surface area contributed by atoms with Gasteiger partial charge in [-0.3, -0.25) is 0 Å². The normalized spacial score (nSPS) is 10.8. The van der Waals surface area contributed by atoms with Gasteiger partial charge < -0.3 is 13.9 Å². The maximum atomic E-state index is 13.7. The van der Waals surface area contributed by atoms with Crippen molar-refractivity contribution in [3.05, 3.63) is 63.6 Å². The lowest BCUT2D eigenvalue weighted by molar-refractivity contribution is 0.0600. The van der Waals surface area contributed by atoms with Crippen LogP contribution in [-0.4, -0.2) is 13.1 Å². The van der Waals surface area contributed by atoms with Gasteiger partial charge in [0.05, 0.1) is 11.6 Å². The molecule has 6 heteroatoms. The maximum absolute atomic E-state index is 13.7. The lowest BCUT2D eigenvalue weighted by Gasteiger charge is -2.09. The predicted octanol–water partition coefficient (Wildman–Crippen LogP) is 5.01. The van der Waals surface area contributed by atoms with Gasteiger partial charge in [-0.15, -0.1) is 0 Å². The number of ether oxygens (including phenoxy) is 2. The van der Waals surface area contributed by atoms with E-state index in [-0.39, 0.29) is 12.4 Å². The number of fused-ring (bicyclic) bond motifs is 1. The molecule has 0 unspecified atom stereocenters. The summed E-state index contributed by atoms with van der Waals surface area (Å²) in [7, 11) is 1.31. The van der Waals surface area contributed by atoms with Gasteiger partial charge in [-0.1, -0.05) is 18.2 Å². The second kappa shape index (κ2) is 6.65. The van der Waals surface area contributed by atoms with Gasteiger partial charge in [0.15, 0.2) is 0 Å². The van der Waals surface area contributed by atoms with Gasteiger partial charge >= 0.3 is 5.97 Å². The third-order valence-corrected chi connectivity index (χ3v) is 4.27. The summed E-state index contributed by atoms with van der Waals surface area (Å²) in [5.74, 6) is 0.143. The summed E-state index contributed by atoms with van der Waals surface area (Å²) in [4.78, 5) is 11.9. The van der Waals surface area contributed by atoms with E-state index >= 15 is 0 Å². The number of carbonyl (C=O) groups excluding carboxylic acids is 1. The molecule has 3 aromatic rings. The zero-order valence-electron chi connectivity index (χ0n) is 13.1. The largest absolute Gasteiger partial charge is 0.488 e. The highest BCUT2D eigenvalue weighted by atomic mass is 79.9. The fourth-order valence-corrected chi connectivity index (χ4v) is 2.89. The van der Waals surface area contributed by atoms with E-state index in [1.165, 1.54) is 13.2 Å². The highest BCUT2D eigenvalue weighted by molar-refractivity contribution is 9.10. The van der Waals surface area contributed by atoms with E-state index < -0.39 is 5.97 Å². The second-order valence-electron chi connectivity index (χ2n) is 5.18. The molecule has 124 valence electrons. The molecule has 0 aliphatic heterocycles. The summed E-state index contributed by atoms with van der Waals surface area (Å²) >= 11 is 3.40. The quantitative estimate of drug-likeness (QED) is 0.585. The summed E-state index contributed by atoms with van der Waals surface area (Å²) in [5, 5.41) is 0.589. The minimum absolute atomic E-state index is 0.0706. The van der Waals surface area contributed by atoms with E-state index in [0.717, 1.165) is 0 Å². The molecule has 0 amide bonds. The minimum atomic E-state index is -0.478. The third kappa shape index (κ3) is 3.01. The number of hydrogen-bond donors (Lipinski definition) is 0. The van der Waals surface area contributed by atoms with Gasteiger partial charge in [-0.25, -0.2) is 9.18 Å². The Morgan fingerprint density at radius 2 is 2.04 bits per heavy atom. The van der Waals surface area contributed by atoms with Crippen molar-refractivity contribution in [2.24, 2.45) is 0 Å². The van der Waals surface area contributed by atoms with E-state index in [0.29, 0.717) is 38.1 Å². The number of carbonyl (C=O) groups is 1. The molecule has 4 nitrogen and oxygen atoms in total. The fraction of sp³-hybridized carbons (Fsp3) is 0.167. The van der Waals surface area contributed by atoms with Crippen molar-refractivity contribution >= 4 is 32.9 Å². The Balaban J connectivity index is 1.98. The Labute approximate surface area is 146 Å². The van der Waals surface area contributed by atoms with Crippen molar-refractivity contribution in [2.75, 3.05) is 7.11 Å². The molecule has 0 bridgehead atoms. The van der Waals surface area contributed by atoms with Gasteiger partial charge in [-0.05, 0) is 41.1 Å². The standard InChI is InChI=1S/C18H14BrFO4/c1-10-17(18(21)22-2)12-7-16(13(19)8-15(12)24-10)23-9-11-5-3-4-6-14(11)20/h3-8H,9H2,1-2H3. The van der Waals surface area contributed by atoms with E-state index in [1.54, 1.807) is 37.3 Å².